The third-order valence-corrected chi connectivity index (χ3v) is 8.01. The van der Waals surface area contributed by atoms with Crippen LogP contribution in [0.4, 0.5) is 5.69 Å². The van der Waals surface area contributed by atoms with Crippen LogP contribution < -0.4 is 11.3 Å². The van der Waals surface area contributed by atoms with Crippen LogP contribution >= 0.6 is 11.3 Å². The topological polar surface area (TPSA) is 104 Å². The van der Waals surface area contributed by atoms with Crippen molar-refractivity contribution >= 4 is 56.1 Å². The lowest BCUT2D eigenvalue weighted by Gasteiger charge is -2.22. The summed E-state index contributed by atoms with van der Waals surface area (Å²) in [6.07, 6.45) is 7.44. The lowest BCUT2D eigenvalue weighted by molar-refractivity contribution is -0.127. The van der Waals surface area contributed by atoms with Gasteiger partial charge >= 0.3 is 0 Å². The van der Waals surface area contributed by atoms with Crippen molar-refractivity contribution < 1.29 is 9.35 Å². The normalized spacial score (nSPS) is 14.1. The van der Waals surface area contributed by atoms with Crippen LogP contribution in [0, 0.1) is 0 Å². The number of carbonyl (C=O) groups is 1. The number of hydrogen-bond donors (Lipinski definition) is 1. The summed E-state index contributed by atoms with van der Waals surface area (Å²) in [7, 11) is 0. The van der Waals surface area contributed by atoms with E-state index in [0.29, 0.717) is 41.2 Å². The van der Waals surface area contributed by atoms with Crippen molar-refractivity contribution in [1.82, 2.24) is 9.47 Å². The van der Waals surface area contributed by atoms with Crippen molar-refractivity contribution in [3.63, 3.8) is 0 Å². The molecule has 0 radical (unpaired) electrons. The standard InChI is InChI=1S/C27H32N4O3S2/c1-4-9-30(10-5-2)26(32)20-14-18-6-7-19(15-22(18)29-25(28)16-20)24-17-21-23(35-24)8-11-31(27(21)33)12-13-36(3)34/h6-8,11,14-15,17H,4-5,9-10,12-13,16H2,1-3H3,(H2,28,29). The van der Waals surface area contributed by atoms with E-state index in [9.17, 15) is 14.1 Å². The number of amides is 1. The van der Waals surface area contributed by atoms with Crippen LogP contribution in [0.2, 0.25) is 0 Å². The zero-order valence-corrected chi connectivity index (χ0v) is 22.6. The van der Waals surface area contributed by atoms with Gasteiger partial charge in [-0.1, -0.05) is 37.2 Å². The minimum Gasteiger partial charge on any atom is -0.617 e. The number of pyridine rings is 1. The number of nitrogens with two attached hydrogens (primary N) is 1. The molecule has 0 saturated heterocycles. The molecule has 3 aromatic rings. The molecule has 1 aliphatic heterocycles. The van der Waals surface area contributed by atoms with E-state index in [4.69, 9.17) is 5.73 Å². The highest BCUT2D eigenvalue weighted by atomic mass is 32.2. The van der Waals surface area contributed by atoms with Gasteiger partial charge in [0.1, 0.15) is 11.6 Å². The number of aromatic nitrogens is 1. The predicted octanol–water partition coefficient (Wildman–Crippen LogP) is 4.53. The molecule has 1 aliphatic rings. The largest absolute Gasteiger partial charge is 0.617 e. The fraction of sp³-hybridized carbons (Fsp3) is 0.370. The summed E-state index contributed by atoms with van der Waals surface area (Å²) in [6, 6.07) is 9.76. The van der Waals surface area contributed by atoms with Gasteiger partial charge in [0.25, 0.3) is 5.56 Å². The minimum atomic E-state index is -0.958. The van der Waals surface area contributed by atoms with E-state index in [2.05, 4.69) is 18.8 Å². The molecule has 1 aromatic carbocycles. The number of aliphatic imine (C=N–C) groups is 1. The van der Waals surface area contributed by atoms with E-state index in [1.54, 1.807) is 28.4 Å². The Hall–Kier alpha value is -2.88. The van der Waals surface area contributed by atoms with Crippen molar-refractivity contribution in [2.45, 2.75) is 39.7 Å². The van der Waals surface area contributed by atoms with Gasteiger partial charge in [-0.15, -0.1) is 11.3 Å². The van der Waals surface area contributed by atoms with Gasteiger partial charge < -0.3 is 19.8 Å². The Labute approximate surface area is 218 Å². The summed E-state index contributed by atoms with van der Waals surface area (Å²) in [5.41, 5.74) is 9.32. The molecule has 2 N–H and O–H groups in total. The summed E-state index contributed by atoms with van der Waals surface area (Å²) in [5, 5.41) is 0.650. The molecule has 1 atom stereocenters. The molecular weight excluding hydrogens is 492 g/mol. The number of amidine groups is 1. The van der Waals surface area contributed by atoms with E-state index in [1.807, 2.05) is 41.3 Å². The molecule has 0 bridgehead atoms. The van der Waals surface area contributed by atoms with E-state index >= 15 is 0 Å². The van der Waals surface area contributed by atoms with Gasteiger partial charge in [-0.05, 0) is 42.7 Å². The van der Waals surface area contributed by atoms with Gasteiger partial charge in [0.2, 0.25) is 5.91 Å². The number of hydrogen-bond acceptors (Lipinski definition) is 6. The average Bonchev–Trinajstić information content (AvgIpc) is 3.21. The van der Waals surface area contributed by atoms with E-state index in [1.165, 1.54) is 0 Å². The number of aryl methyl sites for hydroxylation is 1. The first-order chi connectivity index (χ1) is 17.3. The summed E-state index contributed by atoms with van der Waals surface area (Å²) in [4.78, 5) is 33.6. The van der Waals surface area contributed by atoms with E-state index in [-0.39, 0.29) is 11.5 Å². The van der Waals surface area contributed by atoms with Crippen LogP contribution in [0.25, 0.3) is 26.6 Å². The second kappa shape index (κ2) is 11.5. The van der Waals surface area contributed by atoms with Crippen LogP contribution in [0.5, 0.6) is 0 Å². The number of benzene rings is 1. The van der Waals surface area contributed by atoms with Gasteiger partial charge in [0, 0.05) is 46.4 Å². The number of carbonyl (C=O) groups excluding carboxylic acids is 1. The Morgan fingerprint density at radius 2 is 1.97 bits per heavy atom. The van der Waals surface area contributed by atoms with Crippen molar-refractivity contribution in [1.29, 1.82) is 0 Å². The summed E-state index contributed by atoms with van der Waals surface area (Å²) >= 11 is 0.588. The maximum atomic E-state index is 13.2. The third kappa shape index (κ3) is 5.74. The molecule has 0 fully saturated rings. The Bertz CT molecular complexity index is 1380. The van der Waals surface area contributed by atoms with Crippen LogP contribution in [0.1, 0.15) is 38.7 Å². The average molecular weight is 525 g/mol. The van der Waals surface area contributed by atoms with Crippen LogP contribution in [0.3, 0.4) is 0 Å². The fourth-order valence-corrected chi connectivity index (χ4v) is 5.86. The van der Waals surface area contributed by atoms with Crippen molar-refractivity contribution in [3.05, 3.63) is 58.0 Å². The fourth-order valence-electron chi connectivity index (χ4n) is 4.36. The Morgan fingerprint density at radius 1 is 1.22 bits per heavy atom. The van der Waals surface area contributed by atoms with Crippen LogP contribution in [0.15, 0.2) is 51.9 Å². The predicted molar refractivity (Wildman–Crippen MR) is 151 cm³/mol. The lowest BCUT2D eigenvalue weighted by Crippen LogP contribution is -2.34. The van der Waals surface area contributed by atoms with Crippen LogP contribution in [-0.4, -0.2) is 50.9 Å². The van der Waals surface area contributed by atoms with E-state index < -0.39 is 11.2 Å². The zero-order valence-electron chi connectivity index (χ0n) is 21.0. The molecule has 9 heteroatoms. The molecule has 7 nitrogen and oxygen atoms in total. The molecule has 0 aliphatic carbocycles. The molecular formula is C27H32N4O3S2. The highest BCUT2D eigenvalue weighted by molar-refractivity contribution is 7.90. The van der Waals surface area contributed by atoms with Crippen molar-refractivity contribution in [2.75, 3.05) is 25.1 Å². The van der Waals surface area contributed by atoms with Gasteiger partial charge in [0.05, 0.1) is 23.9 Å². The highest BCUT2D eigenvalue weighted by Gasteiger charge is 2.21. The zero-order chi connectivity index (χ0) is 25.8. The van der Waals surface area contributed by atoms with E-state index in [0.717, 1.165) is 46.6 Å². The summed E-state index contributed by atoms with van der Waals surface area (Å²) in [5.74, 6) is 0.867. The molecule has 0 saturated carbocycles. The maximum Gasteiger partial charge on any atom is 0.259 e. The Kier molecular flexibility index (Phi) is 8.33. The first-order valence-electron chi connectivity index (χ1n) is 12.2. The number of rotatable bonds is 9. The Balaban J connectivity index is 1.67. The quantitative estimate of drug-likeness (QED) is 0.415. The maximum absolute atomic E-state index is 13.2. The molecule has 0 spiro atoms. The van der Waals surface area contributed by atoms with Gasteiger partial charge in [-0.3, -0.25) is 9.59 Å². The van der Waals surface area contributed by atoms with Gasteiger partial charge in [-0.2, -0.15) is 0 Å². The van der Waals surface area contributed by atoms with Crippen LogP contribution in [-0.2, 0) is 22.5 Å². The SMILES string of the molecule is CCCN(CCC)C(=O)C1=Cc2ccc(-c3cc4c(=O)n(CC[S+](C)[O-])ccc4s3)cc2N=C(N)C1. The second-order valence-corrected chi connectivity index (χ2v) is 11.6. The Morgan fingerprint density at radius 3 is 2.67 bits per heavy atom. The number of fused-ring (bicyclic) bond motifs is 2. The third-order valence-electron chi connectivity index (χ3n) is 6.11. The monoisotopic (exact) mass is 524 g/mol. The first-order valence-corrected chi connectivity index (χ1v) is 14.7. The molecule has 1 unspecified atom stereocenters. The highest BCUT2D eigenvalue weighted by Crippen LogP contribution is 2.36. The van der Waals surface area contributed by atoms with Crippen molar-refractivity contribution in [2.24, 2.45) is 10.7 Å². The molecule has 2 aromatic heterocycles. The van der Waals surface area contributed by atoms with Crippen molar-refractivity contribution in [3.8, 4) is 10.4 Å². The smallest absolute Gasteiger partial charge is 0.259 e. The number of thiophene rings is 1. The minimum absolute atomic E-state index is 0.0152. The molecule has 36 heavy (non-hydrogen) atoms. The summed E-state index contributed by atoms with van der Waals surface area (Å²) in [6.45, 7) is 6.01. The van der Waals surface area contributed by atoms with Gasteiger partial charge in [0.15, 0.2) is 0 Å². The van der Waals surface area contributed by atoms with Gasteiger partial charge in [-0.25, -0.2) is 4.99 Å². The molecule has 3 heterocycles. The molecule has 4 rings (SSSR count). The first kappa shape index (κ1) is 26.2. The molecule has 190 valence electrons. The molecule has 1 amide bonds. The number of nitrogens with zero attached hydrogens (tertiary/aromatic N) is 3. The summed E-state index contributed by atoms with van der Waals surface area (Å²) < 4.78 is 14.0. The lowest BCUT2D eigenvalue weighted by atomic mass is 10.0. The second-order valence-electron chi connectivity index (χ2n) is 9.00.